The maximum atomic E-state index is 12.8. The van der Waals surface area contributed by atoms with Crippen LogP contribution in [0.3, 0.4) is 0 Å². The number of amides is 4. The maximum Gasteiger partial charge on any atom is 0.326 e. The largest absolute Gasteiger partial charge is 0.480 e. The van der Waals surface area contributed by atoms with Crippen LogP contribution in [-0.4, -0.2) is 80.3 Å². The second-order valence-electron chi connectivity index (χ2n) is 6.78. The molecule has 4 amide bonds. The fourth-order valence-corrected chi connectivity index (χ4v) is 2.89. The molecule has 0 bridgehead atoms. The number of rotatable bonds is 14. The first-order valence-electron chi connectivity index (χ1n) is 9.45. The molecule has 4 atom stereocenters. The molecule has 0 fully saturated rings. The van der Waals surface area contributed by atoms with Crippen LogP contribution in [0.15, 0.2) is 12.5 Å². The summed E-state index contributed by atoms with van der Waals surface area (Å²) in [5.41, 5.74) is 11.1. The molecule has 0 radical (unpaired) electrons. The Morgan fingerprint density at radius 3 is 2.09 bits per heavy atom. The molecule has 0 aliphatic carbocycles. The third-order valence-electron chi connectivity index (χ3n) is 4.25. The number of nitrogens with two attached hydrogens (primary N) is 2. The summed E-state index contributed by atoms with van der Waals surface area (Å²) in [7, 11) is 0. The molecule has 4 unspecified atom stereocenters. The van der Waals surface area contributed by atoms with E-state index < -0.39 is 53.8 Å². The van der Waals surface area contributed by atoms with Crippen LogP contribution in [-0.2, 0) is 30.4 Å². The predicted molar refractivity (Wildman–Crippen MR) is 120 cm³/mol. The number of primary amides is 1. The molecule has 15 heteroatoms. The van der Waals surface area contributed by atoms with Gasteiger partial charge in [0.1, 0.15) is 18.1 Å². The molecular formula is C17H27N7O6S2. The van der Waals surface area contributed by atoms with Gasteiger partial charge in [-0.25, -0.2) is 9.78 Å². The summed E-state index contributed by atoms with van der Waals surface area (Å²) < 4.78 is 0. The number of nitrogens with one attached hydrogen (secondary N) is 4. The van der Waals surface area contributed by atoms with E-state index in [1.54, 1.807) is 0 Å². The van der Waals surface area contributed by atoms with Gasteiger partial charge in [-0.15, -0.1) is 0 Å². The fourth-order valence-electron chi connectivity index (χ4n) is 2.47. The van der Waals surface area contributed by atoms with Crippen molar-refractivity contribution in [1.82, 2.24) is 25.9 Å². The Balaban J connectivity index is 2.95. The molecule has 0 aromatic carbocycles. The average molecular weight is 490 g/mol. The van der Waals surface area contributed by atoms with Crippen molar-refractivity contribution in [3.63, 3.8) is 0 Å². The second kappa shape index (κ2) is 13.6. The molecule has 13 nitrogen and oxygen atoms in total. The van der Waals surface area contributed by atoms with Crippen molar-refractivity contribution in [2.75, 3.05) is 11.5 Å². The molecular weight excluding hydrogens is 462 g/mol. The van der Waals surface area contributed by atoms with E-state index in [2.05, 4.69) is 51.2 Å². The zero-order valence-corrected chi connectivity index (χ0v) is 18.8. The number of aliphatic carboxylic acids is 1. The molecule has 0 saturated heterocycles. The molecule has 1 aromatic heterocycles. The molecule has 0 aliphatic heterocycles. The lowest BCUT2D eigenvalue weighted by Gasteiger charge is -2.24. The van der Waals surface area contributed by atoms with Crippen molar-refractivity contribution in [3.05, 3.63) is 18.2 Å². The van der Waals surface area contributed by atoms with Crippen LogP contribution in [0.1, 0.15) is 18.5 Å². The summed E-state index contributed by atoms with van der Waals surface area (Å²) in [5.74, 6) is -4.30. The summed E-state index contributed by atoms with van der Waals surface area (Å²) in [6.07, 6.45) is 2.27. The Morgan fingerprint density at radius 1 is 1.00 bits per heavy atom. The Kier molecular flexibility index (Phi) is 11.6. The highest BCUT2D eigenvalue weighted by molar-refractivity contribution is 7.80. The van der Waals surface area contributed by atoms with Crippen LogP contribution >= 0.6 is 25.3 Å². The second-order valence-corrected chi connectivity index (χ2v) is 7.51. The van der Waals surface area contributed by atoms with Gasteiger partial charge in [0, 0.05) is 36.2 Å². The van der Waals surface area contributed by atoms with Gasteiger partial charge in [0.25, 0.3) is 0 Å². The highest BCUT2D eigenvalue weighted by Gasteiger charge is 2.30. The van der Waals surface area contributed by atoms with Gasteiger partial charge in [-0.2, -0.15) is 25.3 Å². The van der Waals surface area contributed by atoms with Gasteiger partial charge in [0.05, 0.1) is 12.4 Å². The molecule has 0 aliphatic rings. The van der Waals surface area contributed by atoms with Crippen LogP contribution in [0.5, 0.6) is 0 Å². The molecule has 1 aromatic rings. The number of carboxylic acids is 1. The number of aromatic nitrogens is 2. The smallest absolute Gasteiger partial charge is 0.326 e. The van der Waals surface area contributed by atoms with E-state index in [0.29, 0.717) is 5.69 Å². The standard InChI is InChI=1S/C17H27N7O6S2/c18-9(5-31)14(26)24-12(6-32)16(28)23-11(3-8-4-20-7-21-8)15(27)22-10(17(29)30)1-2-13(19)25/h4,7,9-12,31-32H,1-3,5-6,18H2,(H2,19,25)(H,20,21)(H,22,27)(H,23,28)(H,24,26)(H,29,30). The van der Waals surface area contributed by atoms with Crippen LogP contribution in [0.4, 0.5) is 0 Å². The number of H-pyrrole nitrogens is 1. The molecule has 0 saturated carbocycles. The molecule has 0 spiro atoms. The topological polar surface area (TPSA) is 222 Å². The minimum atomic E-state index is -1.40. The van der Waals surface area contributed by atoms with Crippen LogP contribution < -0.4 is 27.4 Å². The van der Waals surface area contributed by atoms with E-state index in [-0.39, 0.29) is 30.8 Å². The van der Waals surface area contributed by atoms with E-state index in [4.69, 9.17) is 11.5 Å². The van der Waals surface area contributed by atoms with E-state index in [1.807, 2.05) is 0 Å². The zero-order chi connectivity index (χ0) is 24.3. The van der Waals surface area contributed by atoms with Gasteiger partial charge in [0.2, 0.25) is 23.6 Å². The van der Waals surface area contributed by atoms with Crippen LogP contribution in [0.25, 0.3) is 0 Å². The third-order valence-corrected chi connectivity index (χ3v) is 5.01. The van der Waals surface area contributed by atoms with Gasteiger partial charge < -0.3 is 37.5 Å². The van der Waals surface area contributed by atoms with Gasteiger partial charge in [0.15, 0.2) is 0 Å². The first-order valence-corrected chi connectivity index (χ1v) is 10.7. The van der Waals surface area contributed by atoms with Gasteiger partial charge in [-0.1, -0.05) is 0 Å². The normalized spacial score (nSPS) is 14.5. The van der Waals surface area contributed by atoms with Crippen molar-refractivity contribution in [1.29, 1.82) is 0 Å². The lowest BCUT2D eigenvalue weighted by atomic mass is 10.1. The van der Waals surface area contributed by atoms with Crippen molar-refractivity contribution >= 4 is 54.9 Å². The highest BCUT2D eigenvalue weighted by atomic mass is 32.1. The minimum absolute atomic E-state index is 0.0525. The summed E-state index contributed by atoms with van der Waals surface area (Å²) in [4.78, 5) is 66.4. The molecule has 32 heavy (non-hydrogen) atoms. The number of hydrogen-bond donors (Lipinski definition) is 9. The van der Waals surface area contributed by atoms with Crippen LogP contribution in [0.2, 0.25) is 0 Å². The van der Waals surface area contributed by atoms with Crippen LogP contribution in [0, 0.1) is 0 Å². The Labute approximate surface area is 194 Å². The zero-order valence-electron chi connectivity index (χ0n) is 17.0. The van der Waals surface area contributed by atoms with Crippen molar-refractivity contribution in [3.8, 4) is 0 Å². The van der Waals surface area contributed by atoms with Gasteiger partial charge in [-0.3, -0.25) is 19.2 Å². The highest BCUT2D eigenvalue weighted by Crippen LogP contribution is 2.04. The number of thiol groups is 2. The van der Waals surface area contributed by atoms with E-state index in [0.717, 1.165) is 0 Å². The number of carbonyl (C=O) groups excluding carboxylic acids is 4. The number of hydrogen-bond acceptors (Lipinski definition) is 9. The monoisotopic (exact) mass is 489 g/mol. The van der Waals surface area contributed by atoms with Crippen molar-refractivity contribution < 1.29 is 29.1 Å². The first kappa shape index (κ1) is 27.3. The molecule has 1 heterocycles. The Hall–Kier alpha value is -2.78. The number of carbonyl (C=O) groups is 5. The lowest BCUT2D eigenvalue weighted by molar-refractivity contribution is -0.142. The summed E-state index contributed by atoms with van der Waals surface area (Å²) in [6, 6.07) is -4.68. The molecule has 9 N–H and O–H groups in total. The predicted octanol–water partition coefficient (Wildman–Crippen LogP) is -3.06. The Bertz CT molecular complexity index is 807. The van der Waals surface area contributed by atoms with Crippen molar-refractivity contribution in [2.45, 2.75) is 43.4 Å². The lowest BCUT2D eigenvalue weighted by Crippen LogP contribution is -2.58. The number of carboxylic acid groups (broad SMARTS) is 1. The van der Waals surface area contributed by atoms with E-state index >= 15 is 0 Å². The average Bonchev–Trinajstić information content (AvgIpc) is 3.26. The van der Waals surface area contributed by atoms with E-state index in [9.17, 15) is 29.1 Å². The SMILES string of the molecule is NC(=O)CCC(NC(=O)C(Cc1cnc[nH]1)NC(=O)C(CS)NC(=O)C(N)CS)C(=O)O. The number of nitrogens with zero attached hydrogens (tertiary/aromatic N) is 1. The van der Waals surface area contributed by atoms with E-state index in [1.165, 1.54) is 12.5 Å². The van der Waals surface area contributed by atoms with Gasteiger partial charge in [-0.05, 0) is 6.42 Å². The third kappa shape index (κ3) is 9.15. The maximum absolute atomic E-state index is 12.8. The first-order chi connectivity index (χ1) is 15.1. The number of imidazole rings is 1. The molecule has 178 valence electrons. The summed E-state index contributed by atoms with van der Waals surface area (Å²) in [5, 5.41) is 16.5. The molecule has 1 rings (SSSR count). The Morgan fingerprint density at radius 2 is 1.59 bits per heavy atom. The van der Waals surface area contributed by atoms with Crippen molar-refractivity contribution in [2.24, 2.45) is 11.5 Å². The fraction of sp³-hybridized carbons (Fsp3) is 0.529. The quantitative estimate of drug-likeness (QED) is 0.122. The van der Waals surface area contributed by atoms with Gasteiger partial charge >= 0.3 is 5.97 Å². The minimum Gasteiger partial charge on any atom is -0.480 e. The summed E-state index contributed by atoms with van der Waals surface area (Å²) in [6.45, 7) is 0. The number of aromatic amines is 1. The summed E-state index contributed by atoms with van der Waals surface area (Å²) >= 11 is 7.97.